The molecular weight excluding hydrogens is 296 g/mol. The Kier molecular flexibility index (Phi) is 6.11. The molecule has 21 heavy (non-hydrogen) atoms. The molecule has 1 aromatic rings. The second kappa shape index (κ2) is 7.38. The van der Waals surface area contributed by atoms with Gasteiger partial charge in [0.1, 0.15) is 0 Å². The van der Waals surface area contributed by atoms with Crippen LogP contribution in [0.4, 0.5) is 5.69 Å². The Hall–Kier alpha value is -1.66. The van der Waals surface area contributed by atoms with Crippen LogP contribution in [0.3, 0.4) is 0 Å². The number of rotatable bonds is 7. The Morgan fingerprint density at radius 3 is 2.67 bits per heavy atom. The fourth-order valence-corrected chi connectivity index (χ4v) is 1.94. The smallest absolute Gasteiger partial charge is 0.270 e. The van der Waals surface area contributed by atoms with E-state index in [1.807, 2.05) is 13.8 Å². The minimum absolute atomic E-state index is 0.0661. The number of nitro groups is 1. The molecule has 116 valence electrons. The average molecular weight is 315 g/mol. The van der Waals surface area contributed by atoms with Crippen molar-refractivity contribution in [3.63, 3.8) is 0 Å². The molecule has 0 unspecified atom stereocenters. The third-order valence-electron chi connectivity index (χ3n) is 3.12. The van der Waals surface area contributed by atoms with Gasteiger partial charge in [-0.25, -0.2) is 0 Å². The van der Waals surface area contributed by atoms with Gasteiger partial charge in [0, 0.05) is 32.4 Å². The van der Waals surface area contributed by atoms with Crippen LogP contribution in [0.2, 0.25) is 5.02 Å². The van der Waals surface area contributed by atoms with Gasteiger partial charge >= 0.3 is 0 Å². The highest BCUT2D eigenvalue weighted by Gasteiger charge is 2.20. The van der Waals surface area contributed by atoms with Gasteiger partial charge in [-0.3, -0.25) is 14.9 Å². The van der Waals surface area contributed by atoms with Gasteiger partial charge in [0.25, 0.3) is 11.6 Å². The summed E-state index contributed by atoms with van der Waals surface area (Å²) in [6.07, 6.45) is 0.803. The zero-order valence-electron chi connectivity index (χ0n) is 12.3. The van der Waals surface area contributed by atoms with Crippen LogP contribution < -0.4 is 5.32 Å². The van der Waals surface area contributed by atoms with Gasteiger partial charge < -0.3 is 10.1 Å². The van der Waals surface area contributed by atoms with Crippen LogP contribution in [0.25, 0.3) is 0 Å². The maximum absolute atomic E-state index is 12.1. The molecule has 0 heterocycles. The van der Waals surface area contributed by atoms with Crippen molar-refractivity contribution < 1.29 is 14.5 Å². The van der Waals surface area contributed by atoms with E-state index in [1.165, 1.54) is 18.2 Å². The highest BCUT2D eigenvalue weighted by atomic mass is 35.5. The van der Waals surface area contributed by atoms with Crippen molar-refractivity contribution in [2.24, 2.45) is 5.41 Å². The van der Waals surface area contributed by atoms with Crippen molar-refractivity contribution >= 4 is 23.2 Å². The second-order valence-corrected chi connectivity index (χ2v) is 5.92. The molecule has 6 nitrogen and oxygen atoms in total. The fourth-order valence-electron chi connectivity index (χ4n) is 1.68. The summed E-state index contributed by atoms with van der Waals surface area (Å²) < 4.78 is 5.03. The Balaban J connectivity index is 2.70. The number of hydrogen-bond donors (Lipinski definition) is 1. The Morgan fingerprint density at radius 1 is 1.48 bits per heavy atom. The highest BCUT2D eigenvalue weighted by Crippen LogP contribution is 2.23. The van der Waals surface area contributed by atoms with E-state index in [0.717, 1.165) is 6.42 Å². The van der Waals surface area contributed by atoms with Crippen molar-refractivity contribution in [1.29, 1.82) is 0 Å². The van der Waals surface area contributed by atoms with E-state index in [4.69, 9.17) is 16.3 Å². The zero-order valence-corrected chi connectivity index (χ0v) is 13.1. The quantitative estimate of drug-likeness (QED) is 0.619. The molecule has 0 saturated carbocycles. The van der Waals surface area contributed by atoms with E-state index in [2.05, 4.69) is 5.32 Å². The number of ether oxygens (including phenoxy) is 1. The number of halogens is 1. The number of amides is 1. The van der Waals surface area contributed by atoms with Crippen molar-refractivity contribution in [2.45, 2.75) is 20.3 Å². The van der Waals surface area contributed by atoms with E-state index in [1.54, 1.807) is 7.11 Å². The molecule has 1 N–H and O–H groups in total. The molecule has 0 aromatic heterocycles. The van der Waals surface area contributed by atoms with E-state index < -0.39 is 4.92 Å². The molecule has 0 spiro atoms. The van der Waals surface area contributed by atoms with E-state index in [9.17, 15) is 14.9 Å². The molecule has 0 bridgehead atoms. The summed E-state index contributed by atoms with van der Waals surface area (Å²) in [5.41, 5.74) is -0.0272. The largest absolute Gasteiger partial charge is 0.385 e. The number of methoxy groups -OCH3 is 1. The van der Waals surface area contributed by atoms with Crippen molar-refractivity contribution in [3.05, 3.63) is 38.9 Å². The molecule has 0 aliphatic carbocycles. The van der Waals surface area contributed by atoms with Gasteiger partial charge in [-0.2, -0.15) is 0 Å². The molecule has 0 aliphatic heterocycles. The van der Waals surface area contributed by atoms with E-state index in [-0.39, 0.29) is 27.6 Å². The first-order chi connectivity index (χ1) is 9.76. The fraction of sp³-hybridized carbons (Fsp3) is 0.500. The molecule has 0 fully saturated rings. The van der Waals surface area contributed by atoms with Crippen LogP contribution in [-0.2, 0) is 4.74 Å². The summed E-state index contributed by atoms with van der Waals surface area (Å²) in [5.74, 6) is -0.347. The van der Waals surface area contributed by atoms with Gasteiger partial charge in [0.05, 0.1) is 15.5 Å². The first-order valence-corrected chi connectivity index (χ1v) is 6.86. The van der Waals surface area contributed by atoms with Gasteiger partial charge in [0.2, 0.25) is 0 Å². The molecule has 0 radical (unpaired) electrons. The van der Waals surface area contributed by atoms with Crippen LogP contribution in [0.15, 0.2) is 18.2 Å². The molecule has 1 rings (SSSR count). The summed E-state index contributed by atoms with van der Waals surface area (Å²) in [7, 11) is 1.63. The molecule has 0 atom stereocenters. The number of hydrogen-bond acceptors (Lipinski definition) is 4. The van der Waals surface area contributed by atoms with Crippen LogP contribution in [-0.4, -0.2) is 31.1 Å². The Labute approximate surface area is 128 Å². The minimum atomic E-state index is -0.554. The standard InChI is InChI=1S/C14H19ClN2O4/c1-14(2,6-7-21-3)9-16-13(18)11-5-4-10(17(19)20)8-12(11)15/h4-5,8H,6-7,9H2,1-3H3,(H,16,18). The first-order valence-electron chi connectivity index (χ1n) is 6.48. The van der Waals surface area contributed by atoms with Gasteiger partial charge in [0.15, 0.2) is 0 Å². The Morgan fingerprint density at radius 2 is 2.14 bits per heavy atom. The third-order valence-corrected chi connectivity index (χ3v) is 3.43. The Bertz CT molecular complexity index is 532. The highest BCUT2D eigenvalue weighted by molar-refractivity contribution is 6.34. The minimum Gasteiger partial charge on any atom is -0.385 e. The van der Waals surface area contributed by atoms with Crippen molar-refractivity contribution in [2.75, 3.05) is 20.3 Å². The maximum atomic E-state index is 12.1. The SMILES string of the molecule is COCCC(C)(C)CNC(=O)c1ccc([N+](=O)[O-])cc1Cl. The summed E-state index contributed by atoms with van der Waals surface area (Å²) in [6, 6.07) is 3.79. The molecule has 1 aromatic carbocycles. The zero-order chi connectivity index (χ0) is 16.0. The molecule has 0 saturated heterocycles. The number of carbonyl (C=O) groups is 1. The molecule has 0 aliphatic rings. The first kappa shape index (κ1) is 17.4. The van der Waals surface area contributed by atoms with Gasteiger partial charge in [-0.05, 0) is 17.9 Å². The van der Waals surface area contributed by atoms with E-state index >= 15 is 0 Å². The lowest BCUT2D eigenvalue weighted by Crippen LogP contribution is -2.34. The number of non-ortho nitro benzene ring substituents is 1. The summed E-state index contributed by atoms with van der Waals surface area (Å²) in [5, 5.41) is 13.5. The summed E-state index contributed by atoms with van der Waals surface area (Å²) >= 11 is 5.92. The van der Waals surface area contributed by atoms with Crippen LogP contribution in [0.5, 0.6) is 0 Å². The van der Waals surface area contributed by atoms with Crippen LogP contribution >= 0.6 is 11.6 Å². The summed E-state index contributed by atoms with van der Waals surface area (Å²) in [6.45, 7) is 5.11. The monoisotopic (exact) mass is 314 g/mol. The molecule has 7 heteroatoms. The predicted molar refractivity (Wildman–Crippen MR) is 80.7 cm³/mol. The topological polar surface area (TPSA) is 81.5 Å². The lowest BCUT2D eigenvalue weighted by molar-refractivity contribution is -0.384. The number of nitrogens with one attached hydrogen (secondary N) is 1. The summed E-state index contributed by atoms with van der Waals surface area (Å²) in [4.78, 5) is 22.1. The lowest BCUT2D eigenvalue weighted by Gasteiger charge is -2.24. The van der Waals surface area contributed by atoms with Gasteiger partial charge in [-0.15, -0.1) is 0 Å². The van der Waals surface area contributed by atoms with E-state index in [0.29, 0.717) is 13.2 Å². The molecule has 1 amide bonds. The maximum Gasteiger partial charge on any atom is 0.270 e. The van der Waals surface area contributed by atoms with Crippen molar-refractivity contribution in [1.82, 2.24) is 5.32 Å². The lowest BCUT2D eigenvalue weighted by atomic mass is 9.89. The van der Waals surface area contributed by atoms with Crippen molar-refractivity contribution in [3.8, 4) is 0 Å². The van der Waals surface area contributed by atoms with Crippen LogP contribution in [0, 0.1) is 15.5 Å². The third kappa shape index (κ3) is 5.32. The average Bonchev–Trinajstić information content (AvgIpc) is 2.42. The van der Waals surface area contributed by atoms with Gasteiger partial charge in [-0.1, -0.05) is 25.4 Å². The van der Waals surface area contributed by atoms with Crippen LogP contribution in [0.1, 0.15) is 30.6 Å². The number of nitrogens with zero attached hydrogens (tertiary/aromatic N) is 1. The normalized spacial score (nSPS) is 11.2. The number of carbonyl (C=O) groups excluding carboxylic acids is 1. The number of nitro benzene ring substituents is 1. The second-order valence-electron chi connectivity index (χ2n) is 5.51. The number of benzene rings is 1. The molecular formula is C14H19ClN2O4. The predicted octanol–water partition coefficient (Wildman–Crippen LogP) is 3.04.